The summed E-state index contributed by atoms with van der Waals surface area (Å²) < 4.78 is 32.3. The van der Waals surface area contributed by atoms with E-state index in [-0.39, 0.29) is 22.4 Å². The van der Waals surface area contributed by atoms with Gasteiger partial charge in [-0.1, -0.05) is 48.9 Å². The first-order valence-corrected chi connectivity index (χ1v) is 15.5. The molecule has 0 aliphatic heterocycles. The summed E-state index contributed by atoms with van der Waals surface area (Å²) in [5, 5.41) is 14.9. The highest BCUT2D eigenvalue weighted by Crippen LogP contribution is 2.32. The molecule has 2 aromatic heterocycles. The predicted octanol–water partition coefficient (Wildman–Crippen LogP) is 3.94. The number of rotatable bonds is 11. The van der Waals surface area contributed by atoms with Gasteiger partial charge in [0.2, 0.25) is 5.82 Å². The number of tetrazole rings is 1. The third-order valence-corrected chi connectivity index (χ3v) is 8.11. The Morgan fingerprint density at radius 3 is 2.48 bits per heavy atom. The Hall–Kier alpha value is -4.58. The minimum absolute atomic E-state index is 0.0928. The maximum absolute atomic E-state index is 13.7. The van der Waals surface area contributed by atoms with Crippen molar-refractivity contribution in [2.75, 3.05) is 25.3 Å². The smallest absolute Gasteiger partial charge is 0.261 e. The summed E-state index contributed by atoms with van der Waals surface area (Å²) in [5.74, 6) is 1.66. The number of nitrogens with one attached hydrogen (secondary N) is 1. The van der Waals surface area contributed by atoms with E-state index in [1.807, 2.05) is 67.5 Å². The maximum atomic E-state index is 13.7. The Morgan fingerprint density at radius 1 is 1.05 bits per heavy atom. The molecule has 0 spiro atoms. The number of para-hydroxylation sites is 1. The average molecular weight is 588 g/mol. The largest absolute Gasteiger partial charge is 0.477 e. The van der Waals surface area contributed by atoms with E-state index < -0.39 is 15.9 Å². The maximum Gasteiger partial charge on any atom is 0.261 e. The molecule has 0 radical (unpaired) electrons. The number of unbranched alkanes of at least 4 members (excludes halogenated alkanes) is 1. The minimum atomic E-state index is -3.47. The lowest BCUT2D eigenvalue weighted by Gasteiger charge is -2.23. The van der Waals surface area contributed by atoms with E-state index in [9.17, 15) is 13.2 Å². The second-order valence-corrected chi connectivity index (χ2v) is 12.4. The number of ether oxygens (including phenoxy) is 1. The van der Waals surface area contributed by atoms with Crippen molar-refractivity contribution in [2.45, 2.75) is 43.7 Å². The van der Waals surface area contributed by atoms with Gasteiger partial charge in [0, 0.05) is 38.0 Å². The van der Waals surface area contributed by atoms with Crippen LogP contribution in [0.5, 0.6) is 5.75 Å². The Morgan fingerprint density at radius 2 is 1.81 bits per heavy atom. The predicted molar refractivity (Wildman–Crippen MR) is 161 cm³/mol. The molecule has 0 bridgehead atoms. The number of fused-ring (bicyclic) bond motifs is 1. The third-order valence-electron chi connectivity index (χ3n) is 7.00. The minimum Gasteiger partial charge on any atom is -0.477 e. The summed E-state index contributed by atoms with van der Waals surface area (Å²) in [6.07, 6.45) is 2.98. The van der Waals surface area contributed by atoms with E-state index in [1.165, 1.54) is 12.1 Å². The Labute approximate surface area is 244 Å². The van der Waals surface area contributed by atoms with E-state index in [1.54, 1.807) is 10.6 Å². The van der Waals surface area contributed by atoms with E-state index in [0.717, 1.165) is 35.9 Å². The van der Waals surface area contributed by atoms with Crippen LogP contribution in [0.3, 0.4) is 0 Å². The number of hydrogen-bond donors (Lipinski definition) is 1. The third kappa shape index (κ3) is 6.18. The van der Waals surface area contributed by atoms with Crippen LogP contribution in [0.2, 0.25) is 0 Å². The summed E-state index contributed by atoms with van der Waals surface area (Å²) in [4.78, 5) is 20.5. The molecule has 218 valence electrons. The van der Waals surface area contributed by atoms with Crippen molar-refractivity contribution in [3.05, 3.63) is 99.9 Å². The number of benzene rings is 3. The van der Waals surface area contributed by atoms with Crippen molar-refractivity contribution in [3.8, 4) is 5.75 Å². The number of anilines is 1. The molecule has 0 amide bonds. The molecule has 0 saturated heterocycles. The number of H-pyrrole nitrogens is 1. The zero-order valence-corrected chi connectivity index (χ0v) is 24.8. The summed E-state index contributed by atoms with van der Waals surface area (Å²) >= 11 is 0. The van der Waals surface area contributed by atoms with Crippen LogP contribution in [0.15, 0.2) is 76.4 Å². The van der Waals surface area contributed by atoms with Crippen LogP contribution in [-0.4, -0.2) is 58.9 Å². The number of nitrogens with zero attached hydrogens (tertiary/aromatic N) is 6. The van der Waals surface area contributed by atoms with Gasteiger partial charge in [0.1, 0.15) is 11.6 Å². The van der Waals surface area contributed by atoms with Crippen molar-refractivity contribution in [1.29, 1.82) is 0 Å². The molecule has 3 aromatic carbocycles. The molecule has 11 nitrogen and oxygen atoms in total. The van der Waals surface area contributed by atoms with E-state index in [2.05, 4.69) is 27.5 Å². The summed E-state index contributed by atoms with van der Waals surface area (Å²) in [6, 6.07) is 19.9. The van der Waals surface area contributed by atoms with Gasteiger partial charge < -0.3 is 9.64 Å². The second kappa shape index (κ2) is 12.1. The molecule has 42 heavy (non-hydrogen) atoms. The van der Waals surface area contributed by atoms with Gasteiger partial charge in [-0.2, -0.15) is 5.21 Å². The lowest BCUT2D eigenvalue weighted by Crippen LogP contribution is -2.26. The fourth-order valence-electron chi connectivity index (χ4n) is 4.81. The number of aromatic amines is 1. The Bertz CT molecular complexity index is 1850. The fourth-order valence-corrected chi connectivity index (χ4v) is 5.46. The van der Waals surface area contributed by atoms with E-state index in [4.69, 9.17) is 9.72 Å². The zero-order valence-electron chi connectivity index (χ0n) is 24.0. The standard InChI is InChI=1S/C30H33N7O4S/c1-5-6-11-27-31-25-17-16-22(42(4,39)40)18-24(25)30(38)37(27)19-20-12-14-21(15-13-20)41-28(29-32-34-35-33-29)23-9-7-8-10-26(23)36(2)3/h7-10,12-18,28H,5-6,11,19H2,1-4H3,(H,32,33,34,35). The highest BCUT2D eigenvalue weighted by Gasteiger charge is 2.24. The zero-order chi connectivity index (χ0) is 29.9. The van der Waals surface area contributed by atoms with Crippen molar-refractivity contribution < 1.29 is 13.2 Å². The van der Waals surface area contributed by atoms with Gasteiger partial charge in [-0.25, -0.2) is 13.4 Å². The molecule has 0 saturated carbocycles. The van der Waals surface area contributed by atoms with Gasteiger partial charge >= 0.3 is 0 Å². The van der Waals surface area contributed by atoms with E-state index >= 15 is 0 Å². The monoisotopic (exact) mass is 587 g/mol. The van der Waals surface area contributed by atoms with Crippen LogP contribution in [0.1, 0.15) is 48.6 Å². The molecule has 1 N–H and O–H groups in total. The van der Waals surface area contributed by atoms with Gasteiger partial charge in [0.15, 0.2) is 15.9 Å². The van der Waals surface area contributed by atoms with Crippen LogP contribution in [0.25, 0.3) is 10.9 Å². The SMILES string of the molecule is CCCCc1nc2ccc(S(C)(=O)=O)cc2c(=O)n1Cc1ccc(OC(c2nn[nH]n2)c2ccccc2N(C)C)cc1. The lowest BCUT2D eigenvalue weighted by atomic mass is 10.1. The van der Waals surface area contributed by atoms with Crippen LogP contribution in [0, 0.1) is 0 Å². The highest BCUT2D eigenvalue weighted by molar-refractivity contribution is 7.90. The molecule has 0 aliphatic carbocycles. The Kier molecular flexibility index (Phi) is 8.34. The van der Waals surface area contributed by atoms with Crippen LogP contribution in [0.4, 0.5) is 5.69 Å². The van der Waals surface area contributed by atoms with Gasteiger partial charge in [-0.15, -0.1) is 10.2 Å². The molecule has 0 aliphatic rings. The summed E-state index contributed by atoms with van der Waals surface area (Å²) in [5.41, 5.74) is 2.94. The lowest BCUT2D eigenvalue weighted by molar-refractivity contribution is 0.237. The van der Waals surface area contributed by atoms with Gasteiger partial charge in [-0.05, 0) is 48.4 Å². The molecular weight excluding hydrogens is 554 g/mol. The quantitative estimate of drug-likeness (QED) is 0.244. The van der Waals surface area contributed by atoms with Crippen LogP contribution in [-0.2, 0) is 22.8 Å². The van der Waals surface area contributed by atoms with Crippen molar-refractivity contribution in [2.24, 2.45) is 0 Å². The van der Waals surface area contributed by atoms with Crippen molar-refractivity contribution in [1.82, 2.24) is 30.2 Å². The number of aromatic nitrogens is 6. The first-order chi connectivity index (χ1) is 20.2. The topological polar surface area (TPSA) is 136 Å². The van der Waals surface area contributed by atoms with Gasteiger partial charge in [0.05, 0.1) is 22.3 Å². The molecule has 0 fully saturated rings. The molecule has 5 aromatic rings. The first-order valence-electron chi connectivity index (χ1n) is 13.6. The molecule has 2 heterocycles. The summed E-state index contributed by atoms with van der Waals surface area (Å²) in [6.45, 7) is 2.36. The number of hydrogen-bond acceptors (Lipinski definition) is 9. The van der Waals surface area contributed by atoms with Crippen LogP contribution < -0.4 is 15.2 Å². The first kappa shape index (κ1) is 28.9. The number of aryl methyl sites for hydroxylation is 1. The Balaban J connectivity index is 1.47. The van der Waals surface area contributed by atoms with Gasteiger partial charge in [0.25, 0.3) is 5.56 Å². The fraction of sp³-hybridized carbons (Fsp3) is 0.300. The van der Waals surface area contributed by atoms with Gasteiger partial charge in [-0.3, -0.25) is 9.36 Å². The number of sulfone groups is 1. The van der Waals surface area contributed by atoms with Crippen molar-refractivity contribution in [3.63, 3.8) is 0 Å². The molecule has 1 unspecified atom stereocenters. The highest BCUT2D eigenvalue weighted by atomic mass is 32.2. The normalized spacial score (nSPS) is 12.4. The molecule has 5 rings (SSSR count). The second-order valence-electron chi connectivity index (χ2n) is 10.3. The van der Waals surface area contributed by atoms with Crippen LogP contribution >= 0.6 is 0 Å². The molecular formula is C30H33N7O4S. The van der Waals surface area contributed by atoms with E-state index in [0.29, 0.717) is 29.3 Å². The molecule has 12 heteroatoms. The summed E-state index contributed by atoms with van der Waals surface area (Å²) in [7, 11) is 0.446. The average Bonchev–Trinajstić information content (AvgIpc) is 3.51. The molecule has 1 atom stereocenters. The van der Waals surface area contributed by atoms with Crippen molar-refractivity contribution >= 4 is 26.4 Å².